The van der Waals surface area contributed by atoms with Gasteiger partial charge in [-0.05, 0) is 36.4 Å². The Kier molecular flexibility index (Phi) is 6.33. The average molecular weight is 369 g/mol. The molecule has 2 aromatic rings. The molecule has 0 saturated carbocycles. The summed E-state index contributed by atoms with van der Waals surface area (Å²) >= 11 is 13.4. The summed E-state index contributed by atoms with van der Waals surface area (Å²) < 4.78 is 0. The van der Waals surface area contributed by atoms with Gasteiger partial charge in [0.05, 0.1) is 21.5 Å². The molecule has 2 N–H and O–H groups in total. The molecule has 0 atom stereocenters. The van der Waals surface area contributed by atoms with Gasteiger partial charge in [0.25, 0.3) is 0 Å². The number of carbonyl (C=O) groups is 2. The highest BCUT2D eigenvalue weighted by Crippen LogP contribution is 2.30. The lowest BCUT2D eigenvalue weighted by molar-refractivity contribution is -0.114. The molecular formula is C16H14Cl2N2O2S. The Labute approximate surface area is 148 Å². The molecule has 0 aromatic heterocycles. The molecule has 0 spiro atoms. The average Bonchev–Trinajstić information content (AvgIpc) is 2.50. The van der Waals surface area contributed by atoms with Gasteiger partial charge >= 0.3 is 0 Å². The minimum Gasteiger partial charge on any atom is -0.326 e. The van der Waals surface area contributed by atoms with Crippen molar-refractivity contribution in [3.8, 4) is 0 Å². The summed E-state index contributed by atoms with van der Waals surface area (Å²) in [7, 11) is 0. The Balaban J connectivity index is 1.90. The smallest absolute Gasteiger partial charge is 0.234 e. The number of amides is 2. The van der Waals surface area contributed by atoms with E-state index in [0.29, 0.717) is 21.4 Å². The molecule has 0 bridgehead atoms. The maximum absolute atomic E-state index is 12.0. The van der Waals surface area contributed by atoms with E-state index in [1.165, 1.54) is 18.7 Å². The van der Waals surface area contributed by atoms with E-state index < -0.39 is 0 Å². The van der Waals surface area contributed by atoms with E-state index in [4.69, 9.17) is 23.2 Å². The number of nitrogens with one attached hydrogen (secondary N) is 2. The molecule has 2 rings (SSSR count). The number of carbonyl (C=O) groups excluding carboxylic acids is 2. The van der Waals surface area contributed by atoms with Crippen molar-refractivity contribution in [2.75, 3.05) is 16.4 Å². The minimum absolute atomic E-state index is 0.124. The molecule has 120 valence electrons. The third-order valence-electron chi connectivity index (χ3n) is 2.77. The quantitative estimate of drug-likeness (QED) is 0.753. The first-order valence-corrected chi connectivity index (χ1v) is 8.44. The summed E-state index contributed by atoms with van der Waals surface area (Å²) in [5, 5.41) is 6.19. The molecule has 0 aliphatic carbocycles. The van der Waals surface area contributed by atoms with Crippen molar-refractivity contribution in [3.63, 3.8) is 0 Å². The number of benzene rings is 2. The highest BCUT2D eigenvalue weighted by Gasteiger charge is 2.10. The van der Waals surface area contributed by atoms with E-state index in [1.54, 1.807) is 30.3 Å². The highest BCUT2D eigenvalue weighted by molar-refractivity contribution is 8.00. The van der Waals surface area contributed by atoms with Crippen molar-refractivity contribution >= 4 is 58.2 Å². The number of anilines is 2. The summed E-state index contributed by atoms with van der Waals surface area (Å²) in [6, 6.07) is 12.3. The number of thioether (sulfide) groups is 1. The Morgan fingerprint density at radius 1 is 1.00 bits per heavy atom. The van der Waals surface area contributed by atoms with E-state index in [2.05, 4.69) is 10.6 Å². The van der Waals surface area contributed by atoms with E-state index in [9.17, 15) is 9.59 Å². The zero-order chi connectivity index (χ0) is 16.8. The second-order valence-electron chi connectivity index (χ2n) is 4.64. The largest absolute Gasteiger partial charge is 0.326 e. The molecule has 0 radical (unpaired) electrons. The number of hydrogen-bond acceptors (Lipinski definition) is 3. The third-order valence-corrected chi connectivity index (χ3v) is 4.41. The van der Waals surface area contributed by atoms with Crippen molar-refractivity contribution in [2.45, 2.75) is 11.8 Å². The van der Waals surface area contributed by atoms with Crippen LogP contribution in [0.2, 0.25) is 10.0 Å². The fraction of sp³-hybridized carbons (Fsp3) is 0.125. The Bertz CT molecular complexity index is 700. The third kappa shape index (κ3) is 5.46. The summed E-state index contributed by atoms with van der Waals surface area (Å²) in [6.45, 7) is 1.45. The van der Waals surface area contributed by atoms with Crippen LogP contribution in [0.4, 0.5) is 11.4 Å². The van der Waals surface area contributed by atoms with Crippen molar-refractivity contribution in [1.29, 1.82) is 0 Å². The Hall–Kier alpha value is -1.69. The van der Waals surface area contributed by atoms with Crippen LogP contribution >= 0.6 is 35.0 Å². The summed E-state index contributed by atoms with van der Waals surface area (Å²) in [5.41, 5.74) is 1.14. The van der Waals surface area contributed by atoms with Crippen LogP contribution in [0.15, 0.2) is 47.4 Å². The normalized spacial score (nSPS) is 10.2. The lowest BCUT2D eigenvalue weighted by atomic mass is 10.3. The van der Waals surface area contributed by atoms with Crippen molar-refractivity contribution < 1.29 is 9.59 Å². The highest BCUT2D eigenvalue weighted by atomic mass is 35.5. The molecule has 23 heavy (non-hydrogen) atoms. The second-order valence-corrected chi connectivity index (χ2v) is 6.50. The topological polar surface area (TPSA) is 58.2 Å². The molecule has 0 saturated heterocycles. The van der Waals surface area contributed by atoms with Crippen LogP contribution in [-0.4, -0.2) is 17.6 Å². The second kappa shape index (κ2) is 8.24. The lowest BCUT2D eigenvalue weighted by Gasteiger charge is -2.09. The summed E-state index contributed by atoms with van der Waals surface area (Å²) in [5.74, 6) is -0.0987. The maximum atomic E-state index is 12.0. The molecule has 0 aliphatic rings. The standard InChI is InChI=1S/C16H14Cl2N2O2S/c1-10(21)19-11-5-7-12(8-6-11)23-9-15(22)20-16-13(17)3-2-4-14(16)18/h2-8H,9H2,1H3,(H,19,21)(H,20,22). The van der Waals surface area contributed by atoms with Gasteiger partial charge in [0, 0.05) is 17.5 Å². The molecule has 0 heterocycles. The predicted molar refractivity (Wildman–Crippen MR) is 96.6 cm³/mol. The first kappa shape index (κ1) is 17.7. The first-order valence-electron chi connectivity index (χ1n) is 6.70. The van der Waals surface area contributed by atoms with Gasteiger partial charge in [-0.15, -0.1) is 11.8 Å². The molecule has 7 heteroatoms. The van der Waals surface area contributed by atoms with E-state index >= 15 is 0 Å². The molecule has 0 aliphatic heterocycles. The Morgan fingerprint density at radius 2 is 1.61 bits per heavy atom. The fourth-order valence-electron chi connectivity index (χ4n) is 1.78. The Morgan fingerprint density at radius 3 is 2.17 bits per heavy atom. The summed E-state index contributed by atoms with van der Waals surface area (Å²) in [4.78, 5) is 23.9. The molecule has 2 amide bonds. The lowest BCUT2D eigenvalue weighted by Crippen LogP contribution is -2.14. The number of hydrogen-bond donors (Lipinski definition) is 2. The van der Waals surface area contributed by atoms with Crippen molar-refractivity contribution in [2.24, 2.45) is 0 Å². The van der Waals surface area contributed by atoms with E-state index in [-0.39, 0.29) is 17.6 Å². The van der Waals surface area contributed by atoms with Crippen LogP contribution in [0.3, 0.4) is 0 Å². The van der Waals surface area contributed by atoms with Crippen LogP contribution in [0, 0.1) is 0 Å². The van der Waals surface area contributed by atoms with Crippen LogP contribution in [0.25, 0.3) is 0 Å². The van der Waals surface area contributed by atoms with Gasteiger partial charge in [-0.2, -0.15) is 0 Å². The van der Waals surface area contributed by atoms with Crippen LogP contribution < -0.4 is 10.6 Å². The van der Waals surface area contributed by atoms with E-state index in [1.807, 2.05) is 12.1 Å². The fourth-order valence-corrected chi connectivity index (χ4v) is 2.97. The van der Waals surface area contributed by atoms with Gasteiger partial charge in [-0.25, -0.2) is 0 Å². The monoisotopic (exact) mass is 368 g/mol. The first-order chi connectivity index (χ1) is 11.0. The summed E-state index contributed by atoms with van der Waals surface area (Å²) in [6.07, 6.45) is 0. The van der Waals surface area contributed by atoms with Crippen molar-refractivity contribution in [1.82, 2.24) is 0 Å². The molecule has 4 nitrogen and oxygen atoms in total. The molecular weight excluding hydrogens is 355 g/mol. The zero-order valence-corrected chi connectivity index (χ0v) is 14.6. The molecule has 2 aromatic carbocycles. The van der Waals surface area contributed by atoms with Gasteiger partial charge < -0.3 is 10.6 Å². The van der Waals surface area contributed by atoms with Crippen molar-refractivity contribution in [3.05, 3.63) is 52.5 Å². The molecule has 0 unspecified atom stereocenters. The van der Waals surface area contributed by atoms with Crippen LogP contribution in [0.5, 0.6) is 0 Å². The van der Waals surface area contributed by atoms with E-state index in [0.717, 1.165) is 4.90 Å². The van der Waals surface area contributed by atoms with Gasteiger partial charge in [0.2, 0.25) is 11.8 Å². The zero-order valence-electron chi connectivity index (χ0n) is 12.2. The minimum atomic E-state index is -0.198. The SMILES string of the molecule is CC(=O)Nc1ccc(SCC(=O)Nc2c(Cl)cccc2Cl)cc1. The van der Waals surface area contributed by atoms with Crippen LogP contribution in [0.1, 0.15) is 6.92 Å². The number of halogens is 2. The molecule has 0 fully saturated rings. The van der Waals surface area contributed by atoms with Gasteiger partial charge in [0.15, 0.2) is 0 Å². The number of para-hydroxylation sites is 1. The predicted octanol–water partition coefficient (Wildman–Crippen LogP) is 4.68. The van der Waals surface area contributed by atoms with Gasteiger partial charge in [-0.1, -0.05) is 29.3 Å². The maximum Gasteiger partial charge on any atom is 0.234 e. The van der Waals surface area contributed by atoms with Gasteiger partial charge in [0.1, 0.15) is 0 Å². The van der Waals surface area contributed by atoms with Crippen LogP contribution in [-0.2, 0) is 9.59 Å². The number of rotatable bonds is 5. The van der Waals surface area contributed by atoms with Gasteiger partial charge in [-0.3, -0.25) is 9.59 Å².